The molecule has 16 heavy (non-hydrogen) atoms. The predicted octanol–water partition coefficient (Wildman–Crippen LogP) is 1.60. The molecule has 1 aromatic carbocycles. The first kappa shape index (κ1) is 10.5. The van der Waals surface area contributed by atoms with Gasteiger partial charge in [0.1, 0.15) is 5.75 Å². The van der Waals surface area contributed by atoms with Crippen molar-refractivity contribution in [2.45, 2.75) is 6.92 Å². The second kappa shape index (κ2) is 4.22. The van der Waals surface area contributed by atoms with Crippen LogP contribution in [0.25, 0.3) is 10.9 Å². The summed E-state index contributed by atoms with van der Waals surface area (Å²) in [5.74, 6) is 0.632. The molecule has 0 N–H and O–H groups in total. The summed E-state index contributed by atoms with van der Waals surface area (Å²) in [4.78, 5) is 15.6. The van der Waals surface area contributed by atoms with Gasteiger partial charge in [0, 0.05) is 6.07 Å². The van der Waals surface area contributed by atoms with Crippen LogP contribution in [0.3, 0.4) is 0 Å². The highest BCUT2D eigenvalue weighted by Gasteiger charge is 2.07. The quantitative estimate of drug-likeness (QED) is 0.787. The van der Waals surface area contributed by atoms with Gasteiger partial charge < -0.3 is 13.9 Å². The molecule has 0 amide bonds. The Morgan fingerprint density at radius 1 is 1.44 bits per heavy atom. The highest BCUT2D eigenvalue weighted by Crippen LogP contribution is 2.18. The van der Waals surface area contributed by atoms with E-state index in [4.69, 9.17) is 13.9 Å². The summed E-state index contributed by atoms with van der Waals surface area (Å²) in [5, 5.41) is 0.407. The zero-order chi connectivity index (χ0) is 11.5. The third kappa shape index (κ3) is 1.84. The average molecular weight is 221 g/mol. The number of ether oxygens (including phenoxy) is 2. The van der Waals surface area contributed by atoms with Crippen molar-refractivity contribution in [3.8, 4) is 11.8 Å². The van der Waals surface area contributed by atoms with Crippen molar-refractivity contribution in [2.75, 3.05) is 13.7 Å². The lowest BCUT2D eigenvalue weighted by Gasteiger charge is -2.03. The number of nitrogens with zero attached hydrogens (tertiary/aromatic N) is 1. The third-order valence-electron chi connectivity index (χ3n) is 2.08. The van der Waals surface area contributed by atoms with Gasteiger partial charge in [-0.1, -0.05) is 0 Å². The van der Waals surface area contributed by atoms with Gasteiger partial charge in [-0.2, -0.15) is 4.98 Å². The van der Waals surface area contributed by atoms with Crippen LogP contribution in [0.1, 0.15) is 6.92 Å². The van der Waals surface area contributed by atoms with Gasteiger partial charge in [-0.25, -0.2) is 4.79 Å². The van der Waals surface area contributed by atoms with E-state index in [0.717, 1.165) is 0 Å². The molecule has 1 heterocycles. The van der Waals surface area contributed by atoms with Crippen LogP contribution in [0.5, 0.6) is 11.8 Å². The maximum Gasteiger partial charge on any atom is 0.397 e. The molecule has 5 heteroatoms. The lowest BCUT2D eigenvalue weighted by atomic mass is 10.2. The third-order valence-corrected chi connectivity index (χ3v) is 2.08. The Hall–Kier alpha value is -2.04. The Balaban J connectivity index is 2.63. The minimum atomic E-state index is -0.462. The summed E-state index contributed by atoms with van der Waals surface area (Å²) < 4.78 is 15.0. The molecule has 5 nitrogen and oxygen atoms in total. The molecular weight excluding hydrogens is 210 g/mol. The summed E-state index contributed by atoms with van der Waals surface area (Å²) in [7, 11) is 1.55. The van der Waals surface area contributed by atoms with Crippen molar-refractivity contribution in [2.24, 2.45) is 0 Å². The van der Waals surface area contributed by atoms with Crippen molar-refractivity contribution in [1.29, 1.82) is 0 Å². The maximum absolute atomic E-state index is 11.5. The molecule has 0 bridgehead atoms. The summed E-state index contributed by atoms with van der Waals surface area (Å²) >= 11 is 0. The van der Waals surface area contributed by atoms with Crippen LogP contribution >= 0.6 is 0 Å². The zero-order valence-corrected chi connectivity index (χ0v) is 9.02. The second-order valence-electron chi connectivity index (χ2n) is 3.08. The molecule has 0 spiro atoms. The van der Waals surface area contributed by atoms with E-state index in [0.29, 0.717) is 23.3 Å². The van der Waals surface area contributed by atoms with Crippen molar-refractivity contribution in [3.63, 3.8) is 0 Å². The number of aromatic nitrogens is 1. The number of rotatable bonds is 3. The topological polar surface area (TPSA) is 61.6 Å². The van der Waals surface area contributed by atoms with Gasteiger partial charge in [0.25, 0.3) is 0 Å². The summed E-state index contributed by atoms with van der Waals surface area (Å²) in [6.45, 7) is 2.18. The first-order chi connectivity index (χ1) is 7.74. The molecule has 0 saturated carbocycles. The number of fused-ring (bicyclic) bond motifs is 1. The van der Waals surface area contributed by atoms with Crippen LogP contribution in [-0.4, -0.2) is 18.7 Å². The van der Waals surface area contributed by atoms with E-state index in [1.165, 1.54) is 0 Å². The fraction of sp³-hybridized carbons (Fsp3) is 0.273. The molecule has 2 aromatic rings. The van der Waals surface area contributed by atoms with Crippen LogP contribution in [0.15, 0.2) is 27.4 Å². The van der Waals surface area contributed by atoms with Crippen LogP contribution < -0.4 is 15.1 Å². The molecule has 0 saturated heterocycles. The van der Waals surface area contributed by atoms with Crippen LogP contribution in [-0.2, 0) is 0 Å². The first-order valence-electron chi connectivity index (χ1n) is 4.86. The molecule has 1 aromatic heterocycles. The molecule has 0 aliphatic carbocycles. The van der Waals surface area contributed by atoms with E-state index in [-0.39, 0.29) is 6.08 Å². The molecule has 0 radical (unpaired) electrons. The highest BCUT2D eigenvalue weighted by atomic mass is 16.6. The lowest BCUT2D eigenvalue weighted by Crippen LogP contribution is -2.05. The van der Waals surface area contributed by atoms with Crippen molar-refractivity contribution < 1.29 is 13.9 Å². The Kier molecular flexibility index (Phi) is 2.76. The summed E-state index contributed by atoms with van der Waals surface area (Å²) in [5.41, 5.74) is 0.0372. The molecule has 0 fully saturated rings. The standard InChI is InChI=1S/C11H11NO4/c1-3-15-11-12-9-6-7(14-2)4-5-8(9)10(13)16-11/h4-6H,3H2,1-2H3. The molecule has 0 aliphatic heterocycles. The summed E-state index contributed by atoms with van der Waals surface area (Å²) in [6, 6.07) is 4.96. The zero-order valence-electron chi connectivity index (χ0n) is 9.02. The smallest absolute Gasteiger partial charge is 0.397 e. The van der Waals surface area contributed by atoms with Gasteiger partial charge in [-0.15, -0.1) is 0 Å². The largest absolute Gasteiger partial charge is 0.497 e. The highest BCUT2D eigenvalue weighted by molar-refractivity contribution is 5.78. The van der Waals surface area contributed by atoms with Crippen LogP contribution in [0, 0.1) is 0 Å². The fourth-order valence-corrected chi connectivity index (χ4v) is 1.34. The van der Waals surface area contributed by atoms with Gasteiger partial charge >= 0.3 is 11.7 Å². The Bertz CT molecular complexity index is 561. The van der Waals surface area contributed by atoms with E-state index in [1.54, 1.807) is 32.2 Å². The molecule has 0 aliphatic rings. The van der Waals surface area contributed by atoms with Crippen molar-refractivity contribution in [1.82, 2.24) is 4.98 Å². The Morgan fingerprint density at radius 2 is 2.25 bits per heavy atom. The first-order valence-corrected chi connectivity index (χ1v) is 4.86. The molecule has 0 unspecified atom stereocenters. The molecular formula is C11H11NO4. The van der Waals surface area contributed by atoms with Crippen LogP contribution in [0.4, 0.5) is 0 Å². The van der Waals surface area contributed by atoms with Gasteiger partial charge in [-0.05, 0) is 19.1 Å². The second-order valence-corrected chi connectivity index (χ2v) is 3.08. The predicted molar refractivity (Wildman–Crippen MR) is 58.0 cm³/mol. The van der Waals surface area contributed by atoms with Crippen LogP contribution in [0.2, 0.25) is 0 Å². The van der Waals surface area contributed by atoms with Gasteiger partial charge in [0.05, 0.1) is 24.6 Å². The lowest BCUT2D eigenvalue weighted by molar-refractivity contribution is 0.229. The van der Waals surface area contributed by atoms with Gasteiger partial charge in [0.2, 0.25) is 0 Å². The average Bonchev–Trinajstić information content (AvgIpc) is 2.28. The molecule has 0 atom stereocenters. The van der Waals surface area contributed by atoms with Gasteiger partial charge in [0.15, 0.2) is 0 Å². The Morgan fingerprint density at radius 3 is 2.94 bits per heavy atom. The monoisotopic (exact) mass is 221 g/mol. The molecule has 2 rings (SSSR count). The van der Waals surface area contributed by atoms with E-state index in [2.05, 4.69) is 4.98 Å². The minimum Gasteiger partial charge on any atom is -0.497 e. The molecule has 84 valence electrons. The number of hydrogen-bond donors (Lipinski definition) is 0. The normalized spacial score (nSPS) is 10.4. The fourth-order valence-electron chi connectivity index (χ4n) is 1.34. The van der Waals surface area contributed by atoms with Crippen molar-refractivity contribution >= 4 is 10.9 Å². The maximum atomic E-state index is 11.5. The van der Waals surface area contributed by atoms with Gasteiger partial charge in [-0.3, -0.25) is 0 Å². The number of benzene rings is 1. The number of hydrogen-bond acceptors (Lipinski definition) is 5. The van der Waals surface area contributed by atoms with E-state index in [9.17, 15) is 4.79 Å². The Labute approximate surface area is 91.6 Å². The summed E-state index contributed by atoms with van der Waals surface area (Å²) in [6.07, 6.45) is -0.0201. The minimum absolute atomic E-state index is 0.0201. The number of methoxy groups -OCH3 is 1. The van der Waals surface area contributed by atoms with Crippen molar-refractivity contribution in [3.05, 3.63) is 28.6 Å². The van der Waals surface area contributed by atoms with E-state index >= 15 is 0 Å². The van der Waals surface area contributed by atoms with E-state index < -0.39 is 5.63 Å². The van der Waals surface area contributed by atoms with E-state index in [1.807, 2.05) is 0 Å². The SMILES string of the molecule is CCOc1nc2cc(OC)ccc2c(=O)o1.